The minimum atomic E-state index is 0.401. The Hall–Kier alpha value is -0.0800. The van der Waals surface area contributed by atoms with E-state index in [2.05, 4.69) is 5.73 Å². The molecule has 11 heavy (non-hydrogen) atoms. The molecule has 2 fully saturated rings. The summed E-state index contributed by atoms with van der Waals surface area (Å²) >= 11 is 0. The maximum absolute atomic E-state index is 5.56. The molecule has 2 heteroatoms. The lowest BCUT2D eigenvalue weighted by molar-refractivity contribution is -0.164. The van der Waals surface area contributed by atoms with Gasteiger partial charge in [-0.1, -0.05) is 19.3 Å². The van der Waals surface area contributed by atoms with Gasteiger partial charge in [-0.3, -0.25) is 0 Å². The van der Waals surface area contributed by atoms with E-state index < -0.39 is 0 Å². The summed E-state index contributed by atoms with van der Waals surface area (Å²) < 4.78 is 5.56. The number of hydrogen-bond donors (Lipinski definition) is 1. The molecule has 2 aliphatic rings. The first-order valence-electron chi connectivity index (χ1n) is 4.63. The fourth-order valence-corrected chi connectivity index (χ4v) is 1.98. The Balaban J connectivity index is 0.000000281. The van der Waals surface area contributed by atoms with Crippen LogP contribution in [0.25, 0.3) is 0 Å². The Labute approximate surface area is 69.1 Å². The van der Waals surface area contributed by atoms with Gasteiger partial charge in [-0.2, -0.15) is 0 Å². The Morgan fingerprint density at radius 1 is 1.00 bits per heavy atom. The lowest BCUT2D eigenvalue weighted by Gasteiger charge is -2.44. The van der Waals surface area contributed by atoms with Crippen molar-refractivity contribution in [2.24, 2.45) is 5.73 Å². The zero-order chi connectivity index (χ0) is 8.16. The number of rotatable bonds is 0. The second kappa shape index (κ2) is 4.07. The predicted molar refractivity (Wildman–Crippen MR) is 46.5 cm³/mol. The largest absolute Gasteiger partial charge is 0.375 e. The first-order chi connectivity index (χ1) is 5.41. The summed E-state index contributed by atoms with van der Waals surface area (Å²) in [6.07, 6.45) is 8.26. The van der Waals surface area contributed by atoms with Crippen LogP contribution >= 0.6 is 0 Å². The molecule has 1 aliphatic carbocycles. The van der Waals surface area contributed by atoms with E-state index in [1.165, 1.54) is 45.6 Å². The second-order valence-electron chi connectivity index (χ2n) is 3.34. The van der Waals surface area contributed by atoms with E-state index in [0.29, 0.717) is 5.60 Å². The topological polar surface area (TPSA) is 35.2 Å². The van der Waals surface area contributed by atoms with Gasteiger partial charge in [0.2, 0.25) is 0 Å². The van der Waals surface area contributed by atoms with Gasteiger partial charge in [0.05, 0.1) is 12.2 Å². The highest BCUT2D eigenvalue weighted by molar-refractivity contribution is 4.89. The summed E-state index contributed by atoms with van der Waals surface area (Å²) in [5.41, 5.74) is 4.90. The molecular formula is C9H19NO. The third-order valence-electron chi connectivity index (χ3n) is 2.73. The molecule has 2 rings (SSSR count). The van der Waals surface area contributed by atoms with E-state index in [1.54, 1.807) is 0 Å². The molecule has 0 aromatic carbocycles. The fourth-order valence-electron chi connectivity index (χ4n) is 1.98. The van der Waals surface area contributed by atoms with E-state index >= 15 is 0 Å². The van der Waals surface area contributed by atoms with E-state index in [1.807, 2.05) is 0 Å². The normalized spacial score (nSPS) is 26.7. The monoisotopic (exact) mass is 157 g/mol. The van der Waals surface area contributed by atoms with Crippen LogP contribution in [-0.2, 0) is 4.74 Å². The highest BCUT2D eigenvalue weighted by Gasteiger charge is 2.38. The molecule has 1 aliphatic heterocycles. The summed E-state index contributed by atoms with van der Waals surface area (Å²) in [4.78, 5) is 0. The van der Waals surface area contributed by atoms with Crippen molar-refractivity contribution >= 4 is 0 Å². The van der Waals surface area contributed by atoms with Crippen molar-refractivity contribution in [3.63, 3.8) is 0 Å². The molecule has 0 aromatic rings. The minimum absolute atomic E-state index is 0.401. The van der Waals surface area contributed by atoms with Crippen molar-refractivity contribution in [1.29, 1.82) is 0 Å². The summed E-state index contributed by atoms with van der Waals surface area (Å²) in [6, 6.07) is 0. The molecule has 1 spiro atoms. The first-order valence-corrected chi connectivity index (χ1v) is 4.63. The van der Waals surface area contributed by atoms with Crippen LogP contribution in [0.15, 0.2) is 0 Å². The zero-order valence-corrected chi connectivity index (χ0v) is 7.44. The molecule has 2 N–H and O–H groups in total. The van der Waals surface area contributed by atoms with Gasteiger partial charge in [-0.25, -0.2) is 0 Å². The highest BCUT2D eigenvalue weighted by atomic mass is 16.5. The van der Waals surface area contributed by atoms with E-state index in [-0.39, 0.29) is 0 Å². The molecule has 0 atom stereocenters. The highest BCUT2D eigenvalue weighted by Crippen LogP contribution is 2.40. The van der Waals surface area contributed by atoms with Gasteiger partial charge in [0.25, 0.3) is 0 Å². The van der Waals surface area contributed by atoms with Crippen molar-refractivity contribution in [3.8, 4) is 0 Å². The standard InChI is InChI=1S/C8H14O.CH5N/c1-2-4-8(5-3-1)6-7-9-8;1-2/h1-7H2;2H2,1H3. The van der Waals surface area contributed by atoms with Crippen LogP contribution in [-0.4, -0.2) is 19.3 Å². The average Bonchev–Trinajstić information content (AvgIpc) is 2.07. The minimum Gasteiger partial charge on any atom is -0.375 e. The summed E-state index contributed by atoms with van der Waals surface area (Å²) in [7, 11) is 1.50. The van der Waals surface area contributed by atoms with E-state index in [4.69, 9.17) is 4.74 Å². The molecule has 0 unspecified atom stereocenters. The van der Waals surface area contributed by atoms with Gasteiger partial charge in [0.1, 0.15) is 0 Å². The molecule has 1 saturated heterocycles. The third kappa shape index (κ3) is 1.94. The van der Waals surface area contributed by atoms with Crippen LogP contribution in [0, 0.1) is 0 Å². The van der Waals surface area contributed by atoms with Crippen LogP contribution in [0.2, 0.25) is 0 Å². The second-order valence-corrected chi connectivity index (χ2v) is 3.34. The molecular weight excluding hydrogens is 138 g/mol. The molecule has 0 aromatic heterocycles. The van der Waals surface area contributed by atoms with Crippen LogP contribution in [0.3, 0.4) is 0 Å². The van der Waals surface area contributed by atoms with Gasteiger partial charge in [-0.15, -0.1) is 0 Å². The Bertz CT molecular complexity index is 102. The lowest BCUT2D eigenvalue weighted by Crippen LogP contribution is -2.44. The van der Waals surface area contributed by atoms with Crippen LogP contribution in [0.1, 0.15) is 38.5 Å². The third-order valence-corrected chi connectivity index (χ3v) is 2.73. The average molecular weight is 157 g/mol. The molecule has 1 heterocycles. The van der Waals surface area contributed by atoms with Gasteiger partial charge in [0.15, 0.2) is 0 Å². The molecule has 2 nitrogen and oxygen atoms in total. The molecule has 66 valence electrons. The van der Waals surface area contributed by atoms with Gasteiger partial charge in [-0.05, 0) is 26.3 Å². The zero-order valence-electron chi connectivity index (χ0n) is 7.44. The maximum Gasteiger partial charge on any atom is 0.0704 e. The lowest BCUT2D eigenvalue weighted by atomic mass is 9.79. The van der Waals surface area contributed by atoms with Crippen LogP contribution < -0.4 is 5.73 Å². The number of nitrogens with two attached hydrogens (primary N) is 1. The van der Waals surface area contributed by atoms with Crippen molar-refractivity contribution < 1.29 is 4.74 Å². The van der Waals surface area contributed by atoms with Crippen molar-refractivity contribution in [2.75, 3.05) is 13.7 Å². The van der Waals surface area contributed by atoms with Crippen molar-refractivity contribution in [1.82, 2.24) is 0 Å². The Kier molecular flexibility index (Phi) is 3.34. The molecule has 0 radical (unpaired) electrons. The van der Waals surface area contributed by atoms with Crippen LogP contribution in [0.5, 0.6) is 0 Å². The van der Waals surface area contributed by atoms with E-state index in [0.717, 1.165) is 6.61 Å². The first kappa shape index (κ1) is 9.01. The van der Waals surface area contributed by atoms with Crippen molar-refractivity contribution in [2.45, 2.75) is 44.1 Å². The van der Waals surface area contributed by atoms with Gasteiger partial charge < -0.3 is 10.5 Å². The van der Waals surface area contributed by atoms with Gasteiger partial charge >= 0.3 is 0 Å². The number of ether oxygens (including phenoxy) is 1. The molecule has 0 bridgehead atoms. The number of hydrogen-bond acceptors (Lipinski definition) is 2. The molecule has 1 saturated carbocycles. The van der Waals surface area contributed by atoms with Crippen LogP contribution in [0.4, 0.5) is 0 Å². The smallest absolute Gasteiger partial charge is 0.0704 e. The van der Waals surface area contributed by atoms with Crippen molar-refractivity contribution in [3.05, 3.63) is 0 Å². The summed E-state index contributed by atoms with van der Waals surface area (Å²) in [6.45, 7) is 1.03. The summed E-state index contributed by atoms with van der Waals surface area (Å²) in [5, 5.41) is 0. The Morgan fingerprint density at radius 3 is 1.82 bits per heavy atom. The van der Waals surface area contributed by atoms with E-state index in [9.17, 15) is 0 Å². The quantitative estimate of drug-likeness (QED) is 0.580. The van der Waals surface area contributed by atoms with Gasteiger partial charge in [0, 0.05) is 0 Å². The summed E-state index contributed by atoms with van der Waals surface area (Å²) in [5.74, 6) is 0. The predicted octanol–water partition coefficient (Wildman–Crippen LogP) is 1.68. The Morgan fingerprint density at radius 2 is 1.55 bits per heavy atom. The maximum atomic E-state index is 5.56. The fraction of sp³-hybridized carbons (Fsp3) is 1.00. The SMILES string of the molecule is C1CCC2(CC1)CCO2.CN. The molecule has 0 amide bonds.